The van der Waals surface area contributed by atoms with Crippen molar-refractivity contribution < 1.29 is 0 Å². The molecule has 0 aliphatic rings. The molecule has 0 spiro atoms. The van der Waals surface area contributed by atoms with Crippen LogP contribution in [-0.4, -0.2) is 14.6 Å². The van der Waals surface area contributed by atoms with Crippen LogP contribution in [0.2, 0.25) is 5.02 Å². The predicted molar refractivity (Wildman–Crippen MR) is 97.2 cm³/mol. The Bertz CT molecular complexity index is 935. The molecule has 0 aliphatic heterocycles. The van der Waals surface area contributed by atoms with E-state index in [2.05, 4.69) is 23.2 Å². The molecule has 0 fully saturated rings. The molecule has 3 nitrogen and oxygen atoms in total. The normalized spacial score (nSPS) is 12.1. The van der Waals surface area contributed by atoms with Crippen molar-refractivity contribution in [2.24, 2.45) is 0 Å². The summed E-state index contributed by atoms with van der Waals surface area (Å²) in [6, 6.07) is 7.61. The lowest BCUT2D eigenvalue weighted by atomic mass is 9.94. The maximum atomic E-state index is 6.17. The lowest BCUT2D eigenvalue weighted by Gasteiger charge is -2.11. The van der Waals surface area contributed by atoms with Crippen molar-refractivity contribution in [3.63, 3.8) is 0 Å². The van der Waals surface area contributed by atoms with E-state index in [9.17, 15) is 0 Å². The summed E-state index contributed by atoms with van der Waals surface area (Å²) in [5.74, 6) is 0. The quantitative estimate of drug-likeness (QED) is 0.623. The largest absolute Gasteiger partial charge is 0.236 e. The number of fused-ring (bicyclic) bond motifs is 1. The second-order valence-corrected chi connectivity index (χ2v) is 5.56. The summed E-state index contributed by atoms with van der Waals surface area (Å²) < 4.78 is 1.75. The van der Waals surface area contributed by atoms with Gasteiger partial charge in [-0.1, -0.05) is 43.0 Å². The first-order valence-corrected chi connectivity index (χ1v) is 7.58. The van der Waals surface area contributed by atoms with Gasteiger partial charge in [-0.05, 0) is 47.4 Å². The van der Waals surface area contributed by atoms with Gasteiger partial charge in [0, 0.05) is 23.0 Å². The zero-order valence-corrected chi connectivity index (χ0v) is 13.6. The standard InChI is InChI=1S/C19H16ClN3/c1-4-14-7-8-15(20)11-17(14)13(3)16(5-2)18-12-22-23-10-6-9-21-19(18)23/h4-12H,1-2H2,3H3/b16-13-. The molecule has 2 heterocycles. The fraction of sp³-hybridized carbons (Fsp3) is 0.0526. The molecule has 0 atom stereocenters. The highest BCUT2D eigenvalue weighted by Gasteiger charge is 2.13. The Hall–Kier alpha value is -2.65. The van der Waals surface area contributed by atoms with Crippen molar-refractivity contribution in [2.75, 3.05) is 0 Å². The van der Waals surface area contributed by atoms with Crippen molar-refractivity contribution in [1.82, 2.24) is 14.6 Å². The summed E-state index contributed by atoms with van der Waals surface area (Å²) in [4.78, 5) is 4.42. The summed E-state index contributed by atoms with van der Waals surface area (Å²) >= 11 is 6.17. The van der Waals surface area contributed by atoms with Crippen LogP contribution in [0.5, 0.6) is 0 Å². The van der Waals surface area contributed by atoms with Gasteiger partial charge in [-0.3, -0.25) is 0 Å². The van der Waals surface area contributed by atoms with Crippen LogP contribution in [-0.2, 0) is 0 Å². The highest BCUT2D eigenvalue weighted by Crippen LogP contribution is 2.32. The van der Waals surface area contributed by atoms with Gasteiger partial charge < -0.3 is 0 Å². The average molecular weight is 322 g/mol. The highest BCUT2D eigenvalue weighted by molar-refractivity contribution is 6.30. The lowest BCUT2D eigenvalue weighted by Crippen LogP contribution is -1.92. The van der Waals surface area contributed by atoms with Crippen LogP contribution in [0.4, 0.5) is 0 Å². The third-order valence-corrected chi connectivity index (χ3v) is 4.05. The molecular formula is C19H16ClN3. The summed E-state index contributed by atoms with van der Waals surface area (Å²) in [6.45, 7) is 9.89. The van der Waals surface area contributed by atoms with Crippen LogP contribution < -0.4 is 0 Å². The second-order valence-electron chi connectivity index (χ2n) is 5.12. The van der Waals surface area contributed by atoms with Crippen molar-refractivity contribution in [2.45, 2.75) is 6.92 Å². The first-order valence-electron chi connectivity index (χ1n) is 7.20. The van der Waals surface area contributed by atoms with E-state index in [1.54, 1.807) is 16.9 Å². The van der Waals surface area contributed by atoms with Gasteiger partial charge >= 0.3 is 0 Å². The van der Waals surface area contributed by atoms with Crippen LogP contribution in [0.15, 0.2) is 62.1 Å². The molecule has 0 amide bonds. The molecule has 2 aromatic heterocycles. The minimum atomic E-state index is 0.686. The highest BCUT2D eigenvalue weighted by atomic mass is 35.5. The number of hydrogen-bond donors (Lipinski definition) is 0. The number of allylic oxidation sites excluding steroid dienone is 3. The van der Waals surface area contributed by atoms with Gasteiger partial charge in [-0.2, -0.15) is 5.10 Å². The predicted octanol–water partition coefficient (Wildman–Crippen LogP) is 5.14. The van der Waals surface area contributed by atoms with Gasteiger partial charge in [0.05, 0.1) is 6.20 Å². The molecule has 4 heteroatoms. The number of halogens is 1. The molecule has 0 unspecified atom stereocenters. The minimum Gasteiger partial charge on any atom is -0.236 e. The number of rotatable bonds is 4. The number of aromatic nitrogens is 3. The molecule has 0 N–H and O–H groups in total. The Morgan fingerprint density at radius 1 is 1.26 bits per heavy atom. The Labute approximate surface area is 140 Å². The van der Waals surface area contributed by atoms with Crippen molar-refractivity contribution in [3.05, 3.63) is 83.8 Å². The Kier molecular flexibility index (Phi) is 4.13. The monoisotopic (exact) mass is 321 g/mol. The molecule has 0 saturated carbocycles. The van der Waals surface area contributed by atoms with Gasteiger partial charge in [-0.15, -0.1) is 0 Å². The van der Waals surface area contributed by atoms with Crippen LogP contribution in [0.3, 0.4) is 0 Å². The maximum Gasteiger partial charge on any atom is 0.162 e. The number of benzene rings is 1. The zero-order valence-electron chi connectivity index (χ0n) is 12.8. The number of hydrogen-bond acceptors (Lipinski definition) is 2. The molecule has 114 valence electrons. The second kappa shape index (κ2) is 6.23. The van der Waals surface area contributed by atoms with Gasteiger partial charge in [0.15, 0.2) is 5.65 Å². The lowest BCUT2D eigenvalue weighted by molar-refractivity contribution is 0.939. The first kappa shape index (κ1) is 15.3. The Morgan fingerprint density at radius 3 is 2.83 bits per heavy atom. The molecule has 0 aliphatic carbocycles. The fourth-order valence-electron chi connectivity index (χ4n) is 2.66. The molecule has 0 saturated heterocycles. The molecule has 3 rings (SSSR count). The molecular weight excluding hydrogens is 306 g/mol. The van der Waals surface area contributed by atoms with E-state index in [0.717, 1.165) is 33.5 Å². The zero-order chi connectivity index (χ0) is 16.4. The van der Waals surface area contributed by atoms with E-state index in [0.29, 0.717) is 5.02 Å². The van der Waals surface area contributed by atoms with Gasteiger partial charge in [0.25, 0.3) is 0 Å². The third kappa shape index (κ3) is 2.71. The first-order chi connectivity index (χ1) is 11.2. The smallest absolute Gasteiger partial charge is 0.162 e. The molecule has 1 aromatic carbocycles. The Balaban J connectivity index is 2.27. The van der Waals surface area contributed by atoms with Crippen molar-refractivity contribution in [1.29, 1.82) is 0 Å². The van der Waals surface area contributed by atoms with Crippen molar-refractivity contribution >= 4 is 34.5 Å². The van der Waals surface area contributed by atoms with E-state index < -0.39 is 0 Å². The molecule has 23 heavy (non-hydrogen) atoms. The summed E-state index contributed by atoms with van der Waals surface area (Å²) in [5, 5.41) is 5.04. The van der Waals surface area contributed by atoms with Crippen LogP contribution in [0.25, 0.3) is 22.9 Å². The Morgan fingerprint density at radius 2 is 2.09 bits per heavy atom. The van der Waals surface area contributed by atoms with E-state index in [1.165, 1.54) is 0 Å². The summed E-state index contributed by atoms with van der Waals surface area (Å²) in [5.41, 5.74) is 5.81. The van der Waals surface area contributed by atoms with E-state index in [4.69, 9.17) is 11.6 Å². The minimum absolute atomic E-state index is 0.686. The van der Waals surface area contributed by atoms with E-state index in [-0.39, 0.29) is 0 Å². The van der Waals surface area contributed by atoms with Crippen LogP contribution in [0.1, 0.15) is 23.6 Å². The van der Waals surface area contributed by atoms with E-state index >= 15 is 0 Å². The maximum absolute atomic E-state index is 6.17. The van der Waals surface area contributed by atoms with Gasteiger partial charge in [0.2, 0.25) is 0 Å². The SMILES string of the molecule is C=C/C(=C(\C)c1cc(Cl)ccc1C=C)c1cnn2cccnc12. The topological polar surface area (TPSA) is 30.2 Å². The summed E-state index contributed by atoms with van der Waals surface area (Å²) in [7, 11) is 0. The van der Waals surface area contributed by atoms with Crippen LogP contribution in [0, 0.1) is 0 Å². The van der Waals surface area contributed by atoms with Gasteiger partial charge in [0.1, 0.15) is 0 Å². The fourth-order valence-corrected chi connectivity index (χ4v) is 2.83. The van der Waals surface area contributed by atoms with Crippen molar-refractivity contribution in [3.8, 4) is 0 Å². The molecule has 3 aromatic rings. The summed E-state index contributed by atoms with van der Waals surface area (Å²) in [6.07, 6.45) is 9.08. The van der Waals surface area contributed by atoms with E-state index in [1.807, 2.05) is 49.5 Å². The average Bonchev–Trinajstić information content (AvgIpc) is 2.99. The molecule has 0 bridgehead atoms. The molecule has 0 radical (unpaired) electrons. The number of nitrogens with zero attached hydrogens (tertiary/aromatic N) is 3. The third-order valence-electron chi connectivity index (χ3n) is 3.82. The van der Waals surface area contributed by atoms with Gasteiger partial charge in [-0.25, -0.2) is 9.50 Å². The van der Waals surface area contributed by atoms with Crippen LogP contribution >= 0.6 is 11.6 Å².